The zero-order valence-corrected chi connectivity index (χ0v) is 12.1. The van der Waals surface area contributed by atoms with Gasteiger partial charge in [0.2, 0.25) is 0 Å². The lowest BCUT2D eigenvalue weighted by atomic mass is 10.2. The van der Waals surface area contributed by atoms with E-state index in [9.17, 15) is 14.5 Å². The number of ether oxygens (including phenoxy) is 1. The predicted octanol–water partition coefficient (Wildman–Crippen LogP) is 4.29. The maximum absolute atomic E-state index is 13.5. The van der Waals surface area contributed by atoms with Crippen LogP contribution >= 0.6 is 15.9 Å². The van der Waals surface area contributed by atoms with Crippen LogP contribution in [-0.4, -0.2) is 4.92 Å². The summed E-state index contributed by atoms with van der Waals surface area (Å²) in [5.74, 6) is -0.301. The highest BCUT2D eigenvalue weighted by Gasteiger charge is 2.14. The Labute approximate surface area is 127 Å². The second-order valence-electron chi connectivity index (χ2n) is 4.01. The van der Waals surface area contributed by atoms with Crippen molar-refractivity contribution in [3.05, 3.63) is 63.5 Å². The minimum absolute atomic E-state index is 0.0635. The van der Waals surface area contributed by atoms with E-state index >= 15 is 0 Å². The first kappa shape index (κ1) is 14.9. The van der Waals surface area contributed by atoms with Crippen LogP contribution in [0.3, 0.4) is 0 Å². The molecule has 0 aliphatic carbocycles. The van der Waals surface area contributed by atoms with Crippen molar-refractivity contribution in [1.82, 2.24) is 0 Å². The first-order chi connectivity index (χ1) is 10.1. The number of non-ortho nitro benzene ring substituents is 1. The summed E-state index contributed by atoms with van der Waals surface area (Å²) >= 11 is 3.21. The highest BCUT2D eigenvalue weighted by molar-refractivity contribution is 9.08. The van der Waals surface area contributed by atoms with Crippen LogP contribution in [0.5, 0.6) is 11.5 Å². The van der Waals surface area contributed by atoms with Gasteiger partial charge in [0.05, 0.1) is 4.92 Å². The fourth-order valence-corrected chi connectivity index (χ4v) is 2.14. The van der Waals surface area contributed by atoms with Crippen molar-refractivity contribution >= 4 is 21.6 Å². The van der Waals surface area contributed by atoms with Crippen molar-refractivity contribution in [3.8, 4) is 17.6 Å². The predicted molar refractivity (Wildman–Crippen MR) is 76.9 cm³/mol. The van der Waals surface area contributed by atoms with E-state index in [1.165, 1.54) is 30.3 Å². The SMILES string of the molecule is N#Cc1c(F)cccc1Oc1ccc([N+](=O)[O-])cc1CBr. The van der Waals surface area contributed by atoms with Gasteiger partial charge in [0, 0.05) is 23.0 Å². The topological polar surface area (TPSA) is 76.2 Å². The van der Waals surface area contributed by atoms with Crippen LogP contribution in [0.4, 0.5) is 10.1 Å². The van der Waals surface area contributed by atoms with Gasteiger partial charge in [-0.05, 0) is 18.2 Å². The summed E-state index contributed by atoms with van der Waals surface area (Å²) in [5.41, 5.74) is 0.241. The molecule has 2 aromatic carbocycles. The second-order valence-corrected chi connectivity index (χ2v) is 4.57. The van der Waals surface area contributed by atoms with Gasteiger partial charge >= 0.3 is 0 Å². The number of benzene rings is 2. The van der Waals surface area contributed by atoms with Gasteiger partial charge in [0.25, 0.3) is 5.69 Å². The fourth-order valence-electron chi connectivity index (χ4n) is 1.70. The largest absolute Gasteiger partial charge is 0.456 e. The Morgan fingerprint density at radius 3 is 2.71 bits per heavy atom. The maximum atomic E-state index is 13.5. The third kappa shape index (κ3) is 3.17. The molecule has 5 nitrogen and oxygen atoms in total. The van der Waals surface area contributed by atoms with Gasteiger partial charge in [-0.25, -0.2) is 4.39 Å². The molecular weight excluding hydrogens is 343 g/mol. The van der Waals surface area contributed by atoms with E-state index < -0.39 is 10.7 Å². The van der Waals surface area contributed by atoms with Crippen LogP contribution in [0.2, 0.25) is 0 Å². The number of nitro groups is 1. The summed E-state index contributed by atoms with van der Waals surface area (Å²) in [6.07, 6.45) is 0. The second kappa shape index (κ2) is 6.33. The molecule has 0 bridgehead atoms. The third-order valence-corrected chi connectivity index (χ3v) is 3.31. The molecule has 0 fully saturated rings. The minimum Gasteiger partial charge on any atom is -0.456 e. The smallest absolute Gasteiger partial charge is 0.270 e. The molecule has 0 spiro atoms. The summed E-state index contributed by atoms with van der Waals surface area (Å²) < 4.78 is 19.0. The molecule has 2 aromatic rings. The van der Waals surface area contributed by atoms with Crippen molar-refractivity contribution in [1.29, 1.82) is 5.26 Å². The normalized spacial score (nSPS) is 9.95. The summed E-state index contributed by atoms with van der Waals surface area (Å²) in [7, 11) is 0. The van der Waals surface area contributed by atoms with Crippen LogP contribution in [0.1, 0.15) is 11.1 Å². The van der Waals surface area contributed by atoms with Gasteiger partial charge in [-0.1, -0.05) is 22.0 Å². The van der Waals surface area contributed by atoms with Crippen molar-refractivity contribution < 1.29 is 14.1 Å². The first-order valence-electron chi connectivity index (χ1n) is 5.76. The molecule has 7 heteroatoms. The van der Waals surface area contributed by atoms with E-state index in [4.69, 9.17) is 10.00 Å². The zero-order chi connectivity index (χ0) is 15.4. The van der Waals surface area contributed by atoms with Crippen LogP contribution in [0.25, 0.3) is 0 Å². The summed E-state index contributed by atoms with van der Waals surface area (Å²) in [4.78, 5) is 10.2. The van der Waals surface area contributed by atoms with Gasteiger partial charge < -0.3 is 4.74 Å². The van der Waals surface area contributed by atoms with Gasteiger partial charge in [-0.2, -0.15) is 5.26 Å². The lowest BCUT2D eigenvalue weighted by Crippen LogP contribution is -1.96. The Balaban J connectivity index is 2.43. The van der Waals surface area contributed by atoms with Gasteiger partial charge in [0.15, 0.2) is 0 Å². The molecule has 0 heterocycles. The van der Waals surface area contributed by atoms with Crippen molar-refractivity contribution in [2.24, 2.45) is 0 Å². The molecule has 0 unspecified atom stereocenters. The molecule has 21 heavy (non-hydrogen) atoms. The summed E-state index contributed by atoms with van der Waals surface area (Å²) in [5, 5.41) is 20.0. The number of rotatable bonds is 4. The molecule has 0 saturated heterocycles. The van der Waals surface area contributed by atoms with E-state index in [1.54, 1.807) is 6.07 Å². The molecule has 0 radical (unpaired) electrons. The van der Waals surface area contributed by atoms with Crippen LogP contribution in [-0.2, 0) is 5.33 Å². The Kier molecular flexibility index (Phi) is 4.50. The van der Waals surface area contributed by atoms with Crippen LogP contribution in [0.15, 0.2) is 36.4 Å². The quantitative estimate of drug-likeness (QED) is 0.468. The molecule has 106 valence electrons. The highest BCUT2D eigenvalue weighted by Crippen LogP contribution is 2.32. The van der Waals surface area contributed by atoms with E-state index in [2.05, 4.69) is 15.9 Å². The minimum atomic E-state index is -0.683. The Bertz CT molecular complexity index is 743. The Morgan fingerprint density at radius 1 is 1.33 bits per heavy atom. The number of nitriles is 1. The Hall–Kier alpha value is -2.46. The molecule has 0 aliphatic rings. The molecule has 0 N–H and O–H groups in total. The molecule has 0 saturated carbocycles. The molecular formula is C14H8BrFN2O3. The van der Waals surface area contributed by atoms with E-state index in [0.717, 1.165) is 6.07 Å². The number of halogens is 2. The average Bonchev–Trinajstić information content (AvgIpc) is 2.47. The molecule has 0 aliphatic heterocycles. The lowest BCUT2D eigenvalue weighted by Gasteiger charge is -2.11. The number of alkyl halides is 1. The van der Waals surface area contributed by atoms with Crippen molar-refractivity contribution in [2.75, 3.05) is 0 Å². The highest BCUT2D eigenvalue weighted by atomic mass is 79.9. The lowest BCUT2D eigenvalue weighted by molar-refractivity contribution is -0.384. The maximum Gasteiger partial charge on any atom is 0.270 e. The van der Waals surface area contributed by atoms with E-state index in [1.807, 2.05) is 0 Å². The van der Waals surface area contributed by atoms with Crippen LogP contribution < -0.4 is 4.74 Å². The summed E-state index contributed by atoms with van der Waals surface area (Å²) in [6, 6.07) is 9.83. The average molecular weight is 351 g/mol. The van der Waals surface area contributed by atoms with E-state index in [-0.39, 0.29) is 17.0 Å². The Morgan fingerprint density at radius 2 is 2.10 bits per heavy atom. The van der Waals surface area contributed by atoms with Crippen LogP contribution in [0, 0.1) is 27.3 Å². The third-order valence-electron chi connectivity index (χ3n) is 2.71. The molecule has 0 amide bonds. The molecule has 2 rings (SSSR count). The number of hydrogen-bond acceptors (Lipinski definition) is 4. The standard InChI is InChI=1S/C14H8BrFN2O3/c15-7-9-6-10(18(19)20)4-5-13(9)21-14-3-1-2-12(16)11(14)8-17/h1-6H,7H2. The number of nitro benzene ring substituents is 1. The van der Waals surface area contributed by atoms with Gasteiger partial charge in [0.1, 0.15) is 28.9 Å². The monoisotopic (exact) mass is 350 g/mol. The van der Waals surface area contributed by atoms with Crippen molar-refractivity contribution in [3.63, 3.8) is 0 Å². The number of nitrogens with zero attached hydrogens (tertiary/aromatic N) is 2. The molecule has 0 aromatic heterocycles. The van der Waals surface area contributed by atoms with E-state index in [0.29, 0.717) is 16.6 Å². The summed E-state index contributed by atoms with van der Waals surface area (Å²) in [6.45, 7) is 0. The zero-order valence-electron chi connectivity index (χ0n) is 10.5. The fraction of sp³-hybridized carbons (Fsp3) is 0.0714. The van der Waals surface area contributed by atoms with Crippen molar-refractivity contribution in [2.45, 2.75) is 5.33 Å². The molecule has 0 atom stereocenters. The van der Waals surface area contributed by atoms with Gasteiger partial charge in [-0.15, -0.1) is 0 Å². The number of hydrogen-bond donors (Lipinski definition) is 0. The first-order valence-corrected chi connectivity index (χ1v) is 6.88. The van der Waals surface area contributed by atoms with Gasteiger partial charge in [-0.3, -0.25) is 10.1 Å².